The second kappa shape index (κ2) is 22.1. The van der Waals surface area contributed by atoms with Gasteiger partial charge >= 0.3 is 6.09 Å². The molecule has 322 valence electrons. The number of carbonyl (C=O) groups excluding carboxylic acids is 7. The smallest absolute Gasteiger partial charge is 0.407 e. The predicted octanol–water partition coefficient (Wildman–Crippen LogP) is 1.62. The third-order valence-electron chi connectivity index (χ3n) is 10.3. The zero-order chi connectivity index (χ0) is 43.1. The molecule has 1 unspecified atom stereocenters. The first kappa shape index (κ1) is 46.3. The average Bonchev–Trinajstić information content (AvgIpc) is 3.67. The van der Waals surface area contributed by atoms with Gasteiger partial charge < -0.3 is 36.6 Å². The van der Waals surface area contributed by atoms with Gasteiger partial charge in [0.1, 0.15) is 24.0 Å². The van der Waals surface area contributed by atoms with E-state index in [0.717, 1.165) is 19.3 Å². The summed E-state index contributed by atoms with van der Waals surface area (Å²) in [7, 11) is -3.80. The molecule has 2 aromatic carbocycles. The van der Waals surface area contributed by atoms with E-state index in [0.29, 0.717) is 24.8 Å². The Labute approximate surface area is 345 Å². The van der Waals surface area contributed by atoms with Gasteiger partial charge in [-0.15, -0.1) is 0 Å². The van der Waals surface area contributed by atoms with Crippen LogP contribution in [-0.2, 0) is 43.3 Å². The highest BCUT2D eigenvalue weighted by Crippen LogP contribution is 2.30. The number of ether oxygens (including phenoxy) is 1. The van der Waals surface area contributed by atoms with Crippen molar-refractivity contribution in [2.75, 3.05) is 25.6 Å². The SMILES string of the molecule is CCCC(NC(=O)[C@@H]1C[C@@H](NCS(=O)(=O)c2ccccc2)CN1C(=O)[C@@H](NC(=O)OCC(C)C)C1CCCCC1)C(=O)C(=O)NCC(=O)N[C@H](C(N)=O)c1ccccc1. The minimum absolute atomic E-state index is 0.0353. The van der Waals surface area contributed by atoms with Crippen LogP contribution in [0.4, 0.5) is 4.79 Å². The van der Waals surface area contributed by atoms with E-state index in [1.165, 1.54) is 17.0 Å². The highest BCUT2D eigenvalue weighted by atomic mass is 32.2. The molecule has 2 aromatic rings. The van der Waals surface area contributed by atoms with Crippen LogP contribution >= 0.6 is 0 Å². The van der Waals surface area contributed by atoms with Gasteiger partial charge in [0.05, 0.1) is 24.1 Å². The average molecular weight is 840 g/mol. The van der Waals surface area contributed by atoms with Crippen molar-refractivity contribution in [1.29, 1.82) is 0 Å². The third kappa shape index (κ3) is 13.6. The van der Waals surface area contributed by atoms with Gasteiger partial charge in [0, 0.05) is 12.6 Å². The van der Waals surface area contributed by atoms with Crippen molar-refractivity contribution in [2.24, 2.45) is 17.6 Å². The summed E-state index contributed by atoms with van der Waals surface area (Å²) < 4.78 is 31.7. The minimum atomic E-state index is -3.80. The van der Waals surface area contributed by atoms with Crippen LogP contribution in [0.1, 0.15) is 83.7 Å². The number of benzene rings is 2. The highest BCUT2D eigenvalue weighted by Gasteiger charge is 2.45. The number of ketones is 1. The molecular formula is C41H57N7O10S. The molecule has 4 rings (SSSR count). The van der Waals surface area contributed by atoms with Crippen molar-refractivity contribution in [3.8, 4) is 0 Å². The van der Waals surface area contributed by atoms with Gasteiger partial charge in [0.15, 0.2) is 9.84 Å². The van der Waals surface area contributed by atoms with Crippen molar-refractivity contribution in [3.63, 3.8) is 0 Å². The molecule has 5 atom stereocenters. The first-order valence-electron chi connectivity index (χ1n) is 20.1. The number of nitrogens with zero attached hydrogens (tertiary/aromatic N) is 1. The van der Waals surface area contributed by atoms with Crippen molar-refractivity contribution < 1.29 is 46.7 Å². The van der Waals surface area contributed by atoms with Gasteiger partial charge in [0.2, 0.25) is 29.4 Å². The lowest BCUT2D eigenvalue weighted by atomic mass is 9.83. The standard InChI is InChI=1S/C41H57N7O10S/c1-4-14-31(36(50)39(53)43-22-33(49)46-34(37(42)51)27-15-8-5-9-16-27)45-38(52)32-21-29(44-25-59(56,57)30-19-12-7-13-20-30)23-48(32)40(54)35(28-17-10-6-11-18-28)47-41(55)58-24-26(2)3/h5,7-9,12-13,15-16,19-20,26,28-29,31-32,34-35,44H,4,6,10-11,14,17-18,21-25H2,1-3H3,(H2,42,51)(H,43,53)(H,45,52)(H,46,49)(H,47,55)/t29-,31?,32+,34+,35+/m1/s1. The van der Waals surface area contributed by atoms with Crippen molar-refractivity contribution >= 4 is 51.2 Å². The Morgan fingerprint density at radius 2 is 1.53 bits per heavy atom. The maximum absolute atomic E-state index is 14.5. The normalized spacial score (nSPS) is 18.5. The van der Waals surface area contributed by atoms with E-state index in [1.807, 2.05) is 13.8 Å². The number of nitrogens with two attached hydrogens (primary N) is 1. The molecule has 6 amide bonds. The number of nitrogens with one attached hydrogen (secondary N) is 5. The van der Waals surface area contributed by atoms with Crippen LogP contribution in [0.2, 0.25) is 0 Å². The van der Waals surface area contributed by atoms with Gasteiger partial charge in [-0.05, 0) is 55.2 Å². The first-order valence-corrected chi connectivity index (χ1v) is 21.8. The van der Waals surface area contributed by atoms with Gasteiger partial charge in [0.25, 0.3) is 5.91 Å². The van der Waals surface area contributed by atoms with Crippen LogP contribution in [0.5, 0.6) is 0 Å². The van der Waals surface area contributed by atoms with Gasteiger partial charge in [-0.25, -0.2) is 13.2 Å². The molecule has 1 saturated carbocycles. The molecule has 1 heterocycles. The molecule has 0 spiro atoms. The molecule has 1 saturated heterocycles. The zero-order valence-corrected chi connectivity index (χ0v) is 34.6. The fourth-order valence-corrected chi connectivity index (χ4v) is 8.45. The number of Topliss-reactive ketones (excluding diaryl/α,β-unsaturated/α-hetero) is 1. The maximum Gasteiger partial charge on any atom is 0.407 e. The van der Waals surface area contributed by atoms with E-state index >= 15 is 0 Å². The van der Waals surface area contributed by atoms with E-state index in [-0.39, 0.29) is 42.7 Å². The number of hydrogen-bond donors (Lipinski definition) is 6. The van der Waals surface area contributed by atoms with Crippen LogP contribution in [-0.4, -0.2) is 104 Å². The summed E-state index contributed by atoms with van der Waals surface area (Å²) in [6.45, 7) is 4.85. The Morgan fingerprint density at radius 1 is 0.881 bits per heavy atom. The number of sulfone groups is 1. The van der Waals surface area contributed by atoms with E-state index in [2.05, 4.69) is 26.6 Å². The number of likely N-dealkylation sites (tertiary alicyclic amines) is 1. The third-order valence-corrected chi connectivity index (χ3v) is 11.9. The quantitative estimate of drug-likeness (QED) is 0.105. The second-order valence-corrected chi connectivity index (χ2v) is 17.4. The van der Waals surface area contributed by atoms with Crippen LogP contribution < -0.4 is 32.3 Å². The highest BCUT2D eigenvalue weighted by molar-refractivity contribution is 7.91. The van der Waals surface area contributed by atoms with Crippen molar-refractivity contribution in [3.05, 3.63) is 66.2 Å². The second-order valence-electron chi connectivity index (χ2n) is 15.4. The summed E-state index contributed by atoms with van der Waals surface area (Å²) in [5, 5.41) is 13.0. The Bertz CT molecular complexity index is 1890. The fourth-order valence-electron chi connectivity index (χ4n) is 7.26. The van der Waals surface area contributed by atoms with E-state index < -0.39 is 93.9 Å². The molecule has 0 aromatic heterocycles. The lowest BCUT2D eigenvalue weighted by molar-refractivity contribution is -0.143. The number of primary amides is 1. The summed E-state index contributed by atoms with van der Waals surface area (Å²) in [6, 6.07) is 10.6. The van der Waals surface area contributed by atoms with Gasteiger partial charge in [-0.3, -0.25) is 34.1 Å². The summed E-state index contributed by atoms with van der Waals surface area (Å²) in [4.78, 5) is 94.3. The Balaban J connectivity index is 1.51. The lowest BCUT2D eigenvalue weighted by Crippen LogP contribution is -2.58. The summed E-state index contributed by atoms with van der Waals surface area (Å²) in [6.07, 6.45) is 3.53. The number of rotatable bonds is 20. The fraction of sp³-hybridized carbons (Fsp3) is 0.537. The molecule has 18 heteroatoms. The minimum Gasteiger partial charge on any atom is -0.449 e. The van der Waals surface area contributed by atoms with Gasteiger partial charge in [-0.1, -0.05) is 95.0 Å². The summed E-state index contributed by atoms with van der Waals surface area (Å²) in [5.41, 5.74) is 5.89. The van der Waals surface area contributed by atoms with E-state index in [9.17, 15) is 42.0 Å². The number of alkyl carbamates (subject to hydrolysis) is 1. The molecule has 17 nitrogen and oxygen atoms in total. The van der Waals surface area contributed by atoms with Crippen LogP contribution in [0.15, 0.2) is 65.6 Å². The monoisotopic (exact) mass is 839 g/mol. The Kier molecular flexibility index (Phi) is 17.4. The molecular weight excluding hydrogens is 783 g/mol. The zero-order valence-electron chi connectivity index (χ0n) is 33.8. The van der Waals surface area contributed by atoms with Crippen molar-refractivity contribution in [1.82, 2.24) is 31.5 Å². The van der Waals surface area contributed by atoms with E-state index in [4.69, 9.17) is 10.5 Å². The number of hydrogen-bond acceptors (Lipinski definition) is 11. The molecule has 2 fully saturated rings. The van der Waals surface area contributed by atoms with Gasteiger partial charge in [-0.2, -0.15) is 0 Å². The predicted molar refractivity (Wildman–Crippen MR) is 217 cm³/mol. The molecule has 7 N–H and O–H groups in total. The molecule has 59 heavy (non-hydrogen) atoms. The lowest BCUT2D eigenvalue weighted by Gasteiger charge is -2.34. The molecule has 1 aliphatic carbocycles. The topological polar surface area (TPSA) is 252 Å². The van der Waals surface area contributed by atoms with Crippen LogP contribution in [0.25, 0.3) is 0 Å². The number of amides is 6. The maximum atomic E-state index is 14.5. The summed E-state index contributed by atoms with van der Waals surface area (Å²) in [5.74, 6) is -5.85. The molecule has 1 aliphatic heterocycles. The number of carbonyl (C=O) groups is 7. The Morgan fingerprint density at radius 3 is 2.14 bits per heavy atom. The molecule has 0 bridgehead atoms. The summed E-state index contributed by atoms with van der Waals surface area (Å²) >= 11 is 0. The van der Waals surface area contributed by atoms with E-state index in [1.54, 1.807) is 55.5 Å². The largest absolute Gasteiger partial charge is 0.449 e. The van der Waals surface area contributed by atoms with Crippen molar-refractivity contribution in [2.45, 2.75) is 107 Å². The molecule has 2 aliphatic rings. The molecule has 0 radical (unpaired) electrons. The van der Waals surface area contributed by atoms with Crippen LogP contribution in [0.3, 0.4) is 0 Å². The first-order chi connectivity index (χ1) is 28.1. The van der Waals surface area contributed by atoms with Crippen LogP contribution in [0, 0.1) is 11.8 Å². The Hall–Kier alpha value is -5.36.